The molecule has 1 saturated carbocycles. The van der Waals surface area contributed by atoms with Crippen LogP contribution >= 0.6 is 0 Å². The number of carbonyl (C=O) groups excluding carboxylic acids is 1. The molecule has 1 aliphatic rings. The number of hydrogen-bond acceptors (Lipinski definition) is 3. The Kier molecular flexibility index (Phi) is 4.33. The molecular weight excluding hydrogens is 252 g/mol. The highest BCUT2D eigenvalue weighted by atomic mass is 16.3. The van der Waals surface area contributed by atoms with E-state index in [2.05, 4.69) is 12.2 Å². The van der Waals surface area contributed by atoms with E-state index in [1.165, 1.54) is 0 Å². The summed E-state index contributed by atoms with van der Waals surface area (Å²) in [5, 5.41) is 13.3. The Morgan fingerprint density at radius 2 is 2.10 bits per heavy atom. The van der Waals surface area contributed by atoms with Crippen molar-refractivity contribution in [1.82, 2.24) is 5.32 Å². The highest BCUT2D eigenvalue weighted by Crippen LogP contribution is 2.31. The molecule has 1 amide bonds. The van der Waals surface area contributed by atoms with Gasteiger partial charge < -0.3 is 16.2 Å². The van der Waals surface area contributed by atoms with Gasteiger partial charge >= 0.3 is 0 Å². The lowest BCUT2D eigenvalue weighted by Gasteiger charge is -2.34. The number of carbonyl (C=O) groups is 1. The number of amides is 1. The number of hydrogen-bond donors (Lipinski definition) is 3. The van der Waals surface area contributed by atoms with Gasteiger partial charge in [-0.25, -0.2) is 0 Å². The average Bonchev–Trinajstić information content (AvgIpc) is 2.43. The van der Waals surface area contributed by atoms with E-state index in [0.29, 0.717) is 23.7 Å². The van der Waals surface area contributed by atoms with E-state index in [4.69, 9.17) is 5.73 Å². The lowest BCUT2D eigenvalue weighted by Crippen LogP contribution is -2.45. The smallest absolute Gasteiger partial charge is 0.251 e. The first kappa shape index (κ1) is 14.9. The molecule has 0 aliphatic heterocycles. The van der Waals surface area contributed by atoms with Gasteiger partial charge in [-0.05, 0) is 56.2 Å². The standard InChI is InChI=1S/C16H24N2O2/c1-11-5-7-16(20,8-6-11)10-18-15(19)13-4-3-12(2)14(17)9-13/h3-4,9,11,20H,5-8,10,17H2,1-2H3,(H,18,19). The van der Waals surface area contributed by atoms with Crippen molar-refractivity contribution in [3.05, 3.63) is 29.3 Å². The van der Waals surface area contributed by atoms with E-state index in [1.807, 2.05) is 13.0 Å². The Morgan fingerprint density at radius 1 is 1.45 bits per heavy atom. The molecule has 0 atom stereocenters. The lowest BCUT2D eigenvalue weighted by atomic mass is 9.79. The third-order valence-corrected chi connectivity index (χ3v) is 4.32. The second-order valence-electron chi connectivity index (χ2n) is 6.16. The molecule has 20 heavy (non-hydrogen) atoms. The molecule has 4 nitrogen and oxygen atoms in total. The van der Waals surface area contributed by atoms with Crippen molar-refractivity contribution in [2.45, 2.75) is 45.1 Å². The summed E-state index contributed by atoms with van der Waals surface area (Å²) in [5.74, 6) is 0.492. The second-order valence-corrected chi connectivity index (χ2v) is 6.16. The van der Waals surface area contributed by atoms with Crippen molar-refractivity contribution in [2.75, 3.05) is 12.3 Å². The van der Waals surface area contributed by atoms with Crippen molar-refractivity contribution < 1.29 is 9.90 Å². The van der Waals surface area contributed by atoms with Gasteiger partial charge in [-0.3, -0.25) is 4.79 Å². The van der Waals surface area contributed by atoms with Gasteiger partial charge in [-0.15, -0.1) is 0 Å². The Balaban J connectivity index is 1.93. The number of rotatable bonds is 3. The van der Waals surface area contributed by atoms with Crippen molar-refractivity contribution >= 4 is 11.6 Å². The molecule has 1 aliphatic carbocycles. The molecule has 0 spiro atoms. The highest BCUT2D eigenvalue weighted by Gasteiger charge is 2.32. The largest absolute Gasteiger partial charge is 0.398 e. The minimum absolute atomic E-state index is 0.177. The molecule has 2 rings (SSSR count). The SMILES string of the molecule is Cc1ccc(C(=O)NCC2(O)CCC(C)CC2)cc1N. The van der Waals surface area contributed by atoms with E-state index in [9.17, 15) is 9.90 Å². The second kappa shape index (κ2) is 5.83. The Morgan fingerprint density at radius 3 is 2.70 bits per heavy atom. The van der Waals surface area contributed by atoms with E-state index in [1.54, 1.807) is 12.1 Å². The summed E-state index contributed by atoms with van der Waals surface area (Å²) in [5.41, 5.74) is 7.17. The molecule has 110 valence electrons. The van der Waals surface area contributed by atoms with E-state index in [-0.39, 0.29) is 5.91 Å². The molecular formula is C16H24N2O2. The van der Waals surface area contributed by atoms with Gasteiger partial charge in [0.25, 0.3) is 5.91 Å². The van der Waals surface area contributed by atoms with Crippen LogP contribution in [0.25, 0.3) is 0 Å². The van der Waals surface area contributed by atoms with Gasteiger partial charge in [0, 0.05) is 17.8 Å². The average molecular weight is 276 g/mol. The van der Waals surface area contributed by atoms with Crippen LogP contribution in [0.1, 0.15) is 48.5 Å². The van der Waals surface area contributed by atoms with E-state index in [0.717, 1.165) is 31.2 Å². The number of nitrogens with two attached hydrogens (primary N) is 1. The van der Waals surface area contributed by atoms with Crippen LogP contribution in [0.15, 0.2) is 18.2 Å². The van der Waals surface area contributed by atoms with Crippen LogP contribution in [-0.4, -0.2) is 23.2 Å². The van der Waals surface area contributed by atoms with Gasteiger partial charge in [-0.2, -0.15) is 0 Å². The third-order valence-electron chi connectivity index (χ3n) is 4.32. The van der Waals surface area contributed by atoms with Gasteiger partial charge in [0.15, 0.2) is 0 Å². The number of anilines is 1. The van der Waals surface area contributed by atoms with Gasteiger partial charge in [0.2, 0.25) is 0 Å². The zero-order valence-corrected chi connectivity index (χ0v) is 12.3. The van der Waals surface area contributed by atoms with Crippen LogP contribution in [0.4, 0.5) is 5.69 Å². The fourth-order valence-electron chi connectivity index (χ4n) is 2.60. The maximum Gasteiger partial charge on any atom is 0.251 e. The maximum atomic E-state index is 12.1. The molecule has 4 heteroatoms. The first-order chi connectivity index (χ1) is 9.39. The first-order valence-electron chi connectivity index (χ1n) is 7.26. The molecule has 0 saturated heterocycles. The third kappa shape index (κ3) is 3.51. The minimum atomic E-state index is -0.752. The Hall–Kier alpha value is -1.55. The van der Waals surface area contributed by atoms with Crippen LogP contribution in [0, 0.1) is 12.8 Å². The highest BCUT2D eigenvalue weighted by molar-refractivity contribution is 5.95. The zero-order chi connectivity index (χ0) is 14.8. The number of benzene rings is 1. The lowest BCUT2D eigenvalue weighted by molar-refractivity contribution is -0.00539. The van der Waals surface area contributed by atoms with Gasteiger partial charge in [0.1, 0.15) is 0 Å². The summed E-state index contributed by atoms with van der Waals surface area (Å²) in [4.78, 5) is 12.1. The summed E-state index contributed by atoms with van der Waals surface area (Å²) in [6.45, 7) is 4.42. The fourth-order valence-corrected chi connectivity index (χ4v) is 2.60. The number of aryl methyl sites for hydroxylation is 1. The Bertz CT molecular complexity index is 491. The molecule has 1 aromatic rings. The molecule has 0 aromatic heterocycles. The Labute approximate surface area is 120 Å². The molecule has 0 radical (unpaired) electrons. The van der Waals surface area contributed by atoms with Crippen LogP contribution in [-0.2, 0) is 0 Å². The van der Waals surface area contributed by atoms with E-state index < -0.39 is 5.60 Å². The monoisotopic (exact) mass is 276 g/mol. The maximum absolute atomic E-state index is 12.1. The summed E-state index contributed by atoms with van der Waals surface area (Å²) in [6, 6.07) is 5.27. The number of nitrogen functional groups attached to an aromatic ring is 1. The van der Waals surface area contributed by atoms with Crippen molar-refractivity contribution in [3.8, 4) is 0 Å². The molecule has 1 fully saturated rings. The van der Waals surface area contributed by atoms with Gasteiger partial charge in [0.05, 0.1) is 5.60 Å². The van der Waals surface area contributed by atoms with Crippen molar-refractivity contribution in [2.24, 2.45) is 5.92 Å². The fraction of sp³-hybridized carbons (Fsp3) is 0.562. The predicted octanol–water partition coefficient (Wildman–Crippen LogP) is 2.25. The number of nitrogens with one attached hydrogen (secondary N) is 1. The summed E-state index contributed by atoms with van der Waals surface area (Å²) >= 11 is 0. The molecule has 0 unspecified atom stereocenters. The van der Waals surface area contributed by atoms with Crippen molar-refractivity contribution in [1.29, 1.82) is 0 Å². The topological polar surface area (TPSA) is 75.3 Å². The summed E-state index contributed by atoms with van der Waals surface area (Å²) in [7, 11) is 0. The van der Waals surface area contributed by atoms with Gasteiger partial charge in [-0.1, -0.05) is 13.0 Å². The van der Waals surface area contributed by atoms with Crippen LogP contribution in [0.5, 0.6) is 0 Å². The minimum Gasteiger partial charge on any atom is -0.398 e. The van der Waals surface area contributed by atoms with Crippen LogP contribution in [0.2, 0.25) is 0 Å². The molecule has 1 aromatic carbocycles. The quantitative estimate of drug-likeness (QED) is 0.741. The first-order valence-corrected chi connectivity index (χ1v) is 7.26. The molecule has 0 heterocycles. The van der Waals surface area contributed by atoms with Crippen LogP contribution in [0.3, 0.4) is 0 Å². The van der Waals surface area contributed by atoms with Crippen molar-refractivity contribution in [3.63, 3.8) is 0 Å². The zero-order valence-electron chi connectivity index (χ0n) is 12.3. The normalized spacial score (nSPS) is 26.2. The molecule has 0 bridgehead atoms. The summed E-state index contributed by atoms with van der Waals surface area (Å²) < 4.78 is 0. The molecule has 4 N–H and O–H groups in total. The van der Waals surface area contributed by atoms with E-state index >= 15 is 0 Å². The number of aliphatic hydroxyl groups is 1. The predicted molar refractivity (Wildman–Crippen MR) is 80.5 cm³/mol. The van der Waals surface area contributed by atoms with Crippen LogP contribution < -0.4 is 11.1 Å². The summed E-state index contributed by atoms with van der Waals surface area (Å²) in [6.07, 6.45) is 3.54.